The van der Waals surface area contributed by atoms with Crippen LogP contribution in [0.2, 0.25) is 0 Å². The van der Waals surface area contributed by atoms with E-state index in [1.165, 1.54) is 0 Å². The lowest BCUT2D eigenvalue weighted by Crippen LogP contribution is -2.37. The number of allylic oxidation sites excluding steroid dienone is 3. The maximum Gasteiger partial charge on any atom is 0.192 e. The first kappa shape index (κ1) is 18.9. The molecule has 0 amide bonds. The van der Waals surface area contributed by atoms with E-state index in [0.29, 0.717) is 23.1 Å². The predicted molar refractivity (Wildman–Crippen MR) is 116 cm³/mol. The largest absolute Gasteiger partial charge is 0.507 e. The molecule has 5 rings (SSSR count). The number of hydrogen-bond donors (Lipinski definition) is 2. The molecule has 0 saturated carbocycles. The Morgan fingerprint density at radius 1 is 0.967 bits per heavy atom. The van der Waals surface area contributed by atoms with Gasteiger partial charge in [0.25, 0.3) is 0 Å². The monoisotopic (exact) mass is 399 g/mol. The molecule has 2 aromatic carbocycles. The Bertz CT molecular complexity index is 1190. The van der Waals surface area contributed by atoms with Gasteiger partial charge in [-0.1, -0.05) is 50.2 Å². The van der Waals surface area contributed by atoms with Crippen molar-refractivity contribution in [2.24, 2.45) is 5.41 Å². The normalized spacial score (nSPS) is 21.9. The molecule has 30 heavy (non-hydrogen) atoms. The van der Waals surface area contributed by atoms with Gasteiger partial charge >= 0.3 is 0 Å². The fourth-order valence-electron chi connectivity index (χ4n) is 5.28. The van der Waals surface area contributed by atoms with Crippen molar-refractivity contribution < 1.29 is 14.7 Å². The van der Waals surface area contributed by atoms with Crippen molar-refractivity contribution >= 4 is 17.3 Å². The number of aromatic hydroxyl groups is 1. The van der Waals surface area contributed by atoms with Crippen LogP contribution in [0.3, 0.4) is 0 Å². The van der Waals surface area contributed by atoms with E-state index in [-0.39, 0.29) is 22.7 Å². The number of carbonyl (C=O) groups is 2. The van der Waals surface area contributed by atoms with Crippen LogP contribution in [0.25, 0.3) is 5.70 Å². The Balaban J connectivity index is 1.78. The van der Waals surface area contributed by atoms with Crippen molar-refractivity contribution in [1.82, 2.24) is 5.32 Å². The van der Waals surface area contributed by atoms with Crippen molar-refractivity contribution in [3.63, 3.8) is 0 Å². The van der Waals surface area contributed by atoms with Gasteiger partial charge in [0.05, 0.1) is 5.70 Å². The summed E-state index contributed by atoms with van der Waals surface area (Å²) in [6.45, 7) is 7.93. The van der Waals surface area contributed by atoms with Gasteiger partial charge < -0.3 is 10.4 Å². The molecule has 2 aliphatic carbocycles. The second-order valence-electron chi connectivity index (χ2n) is 9.56. The highest BCUT2D eigenvalue weighted by atomic mass is 16.3. The number of Topliss-reactive ketones (excluding diaryl/α,β-unsaturated/α-hetero) is 2. The summed E-state index contributed by atoms with van der Waals surface area (Å²) in [4.78, 5) is 26.8. The minimum atomic E-state index is -0.419. The predicted octanol–water partition coefficient (Wildman–Crippen LogP) is 4.95. The third kappa shape index (κ3) is 2.59. The zero-order valence-corrected chi connectivity index (χ0v) is 17.7. The summed E-state index contributed by atoms with van der Waals surface area (Å²) in [5, 5.41) is 13.8. The van der Waals surface area contributed by atoms with E-state index in [9.17, 15) is 14.7 Å². The van der Waals surface area contributed by atoms with Crippen LogP contribution >= 0.6 is 0 Å². The number of carbonyl (C=O) groups excluding carboxylic acids is 2. The zero-order chi connectivity index (χ0) is 21.4. The van der Waals surface area contributed by atoms with E-state index < -0.39 is 5.92 Å². The summed E-state index contributed by atoms with van der Waals surface area (Å²) in [7, 11) is 0. The summed E-state index contributed by atoms with van der Waals surface area (Å²) >= 11 is 0. The van der Waals surface area contributed by atoms with Crippen molar-refractivity contribution in [3.8, 4) is 5.75 Å². The molecule has 1 heterocycles. The Labute approximate surface area is 176 Å². The summed E-state index contributed by atoms with van der Waals surface area (Å²) < 4.78 is 0. The molecule has 0 aromatic heterocycles. The van der Waals surface area contributed by atoms with Gasteiger partial charge in [-0.2, -0.15) is 0 Å². The van der Waals surface area contributed by atoms with Gasteiger partial charge in [-0.05, 0) is 42.4 Å². The minimum Gasteiger partial charge on any atom is -0.507 e. The number of hydrogen-bond acceptors (Lipinski definition) is 4. The van der Waals surface area contributed by atoms with Crippen LogP contribution in [-0.2, 0) is 4.79 Å². The second kappa shape index (κ2) is 6.18. The molecule has 0 fully saturated rings. The lowest BCUT2D eigenvalue weighted by molar-refractivity contribution is -0.118. The van der Waals surface area contributed by atoms with Gasteiger partial charge in [-0.15, -0.1) is 0 Å². The summed E-state index contributed by atoms with van der Waals surface area (Å²) in [6, 6.07) is 11.5. The first-order valence-corrected chi connectivity index (χ1v) is 10.4. The van der Waals surface area contributed by atoms with Crippen LogP contribution in [0.15, 0.2) is 53.2 Å². The fourth-order valence-corrected chi connectivity index (χ4v) is 5.28. The lowest BCUT2D eigenvalue weighted by atomic mass is 9.68. The van der Waals surface area contributed by atoms with E-state index in [1.807, 2.05) is 50.2 Å². The third-order valence-corrected chi connectivity index (χ3v) is 6.57. The second-order valence-corrected chi connectivity index (χ2v) is 9.56. The Hall–Kier alpha value is -3.14. The molecule has 4 nitrogen and oxygen atoms in total. The summed E-state index contributed by atoms with van der Waals surface area (Å²) in [6.07, 6.45) is 1.22. The maximum atomic E-state index is 13.5. The van der Waals surface area contributed by atoms with Gasteiger partial charge in [-0.3, -0.25) is 9.59 Å². The molecule has 2 N–H and O–H groups in total. The van der Waals surface area contributed by atoms with E-state index in [4.69, 9.17) is 0 Å². The standard InChI is InChI=1S/C26H25NO3/c1-13-9-15(10-14(2)24(13)29)20-21-18(11-26(3,4)12-19(21)28)27-23-16-7-5-6-8-17(16)25(30)22(20)23/h5-10,20,27,29H,11-12H2,1-4H3/t20-/m1/s1. The van der Waals surface area contributed by atoms with Crippen LogP contribution in [0.4, 0.5) is 0 Å². The smallest absolute Gasteiger partial charge is 0.192 e. The van der Waals surface area contributed by atoms with Crippen LogP contribution in [0.1, 0.15) is 65.2 Å². The van der Waals surface area contributed by atoms with Gasteiger partial charge in [0.2, 0.25) is 0 Å². The van der Waals surface area contributed by atoms with E-state index in [0.717, 1.165) is 40.1 Å². The summed E-state index contributed by atoms with van der Waals surface area (Å²) in [5.41, 5.74) is 6.94. The highest BCUT2D eigenvalue weighted by Crippen LogP contribution is 2.51. The third-order valence-electron chi connectivity index (χ3n) is 6.57. The quantitative estimate of drug-likeness (QED) is 0.712. The number of nitrogens with one attached hydrogen (secondary N) is 1. The highest BCUT2D eigenvalue weighted by molar-refractivity contribution is 6.23. The first-order chi connectivity index (χ1) is 14.2. The van der Waals surface area contributed by atoms with E-state index in [1.54, 1.807) is 0 Å². The molecule has 1 aliphatic heterocycles. The molecule has 152 valence electrons. The van der Waals surface area contributed by atoms with Crippen molar-refractivity contribution in [1.29, 1.82) is 0 Å². The average Bonchev–Trinajstić information content (AvgIpc) is 2.96. The van der Waals surface area contributed by atoms with Crippen molar-refractivity contribution in [3.05, 3.63) is 81.1 Å². The first-order valence-electron chi connectivity index (χ1n) is 10.4. The van der Waals surface area contributed by atoms with Crippen LogP contribution in [-0.4, -0.2) is 16.7 Å². The van der Waals surface area contributed by atoms with Crippen molar-refractivity contribution in [2.75, 3.05) is 0 Å². The Kier molecular flexibility index (Phi) is 3.88. The molecule has 0 radical (unpaired) electrons. The molecule has 0 spiro atoms. The van der Waals surface area contributed by atoms with E-state index >= 15 is 0 Å². The van der Waals surface area contributed by atoms with Gasteiger partial charge in [0.15, 0.2) is 11.6 Å². The molecular formula is C26H25NO3. The topological polar surface area (TPSA) is 66.4 Å². The van der Waals surface area contributed by atoms with Crippen LogP contribution in [0, 0.1) is 19.3 Å². The van der Waals surface area contributed by atoms with Crippen LogP contribution in [0.5, 0.6) is 5.75 Å². The van der Waals surface area contributed by atoms with Gasteiger partial charge in [0.1, 0.15) is 5.75 Å². The molecule has 4 heteroatoms. The molecule has 0 unspecified atom stereocenters. The zero-order valence-electron chi connectivity index (χ0n) is 17.7. The van der Waals surface area contributed by atoms with E-state index in [2.05, 4.69) is 19.2 Å². The average molecular weight is 399 g/mol. The number of rotatable bonds is 1. The van der Waals surface area contributed by atoms with Crippen LogP contribution < -0.4 is 5.32 Å². The molecule has 0 bridgehead atoms. The molecule has 3 aliphatic rings. The highest BCUT2D eigenvalue weighted by Gasteiger charge is 2.46. The lowest BCUT2D eigenvalue weighted by Gasteiger charge is -2.39. The number of benzene rings is 2. The molecule has 1 atom stereocenters. The molecule has 0 saturated heterocycles. The molecular weight excluding hydrogens is 374 g/mol. The SMILES string of the molecule is Cc1cc([C@@H]2C3=C(CC(C)(C)CC3=O)NC3=C2C(=O)c2ccccc23)cc(C)c1O. The number of ketones is 2. The fraction of sp³-hybridized carbons (Fsp3) is 0.308. The van der Waals surface area contributed by atoms with Gasteiger partial charge in [-0.25, -0.2) is 0 Å². The Morgan fingerprint density at radius 2 is 1.60 bits per heavy atom. The van der Waals surface area contributed by atoms with Gasteiger partial charge in [0, 0.05) is 40.3 Å². The maximum absolute atomic E-state index is 13.5. The molecule has 2 aromatic rings. The summed E-state index contributed by atoms with van der Waals surface area (Å²) in [5.74, 6) is -0.0888. The minimum absolute atomic E-state index is 0.0225. The number of phenolic OH excluding ortho intramolecular Hbond substituents is 1. The Morgan fingerprint density at radius 3 is 2.27 bits per heavy atom. The number of fused-ring (bicyclic) bond motifs is 2. The van der Waals surface area contributed by atoms with Crippen molar-refractivity contribution in [2.45, 2.75) is 46.5 Å². The number of aryl methyl sites for hydroxylation is 2. The number of phenols is 1. The number of dihydropyridines is 1.